The van der Waals surface area contributed by atoms with Crippen LogP contribution in [0.2, 0.25) is 0 Å². The van der Waals surface area contributed by atoms with Gasteiger partial charge in [-0.2, -0.15) is 0 Å². The largest absolute Gasteiger partial charge is 0.508 e. The lowest BCUT2D eigenvalue weighted by atomic mass is 9.86. The van der Waals surface area contributed by atoms with Crippen molar-refractivity contribution in [2.75, 3.05) is 32.0 Å². The van der Waals surface area contributed by atoms with Crippen molar-refractivity contribution in [2.45, 2.75) is 77.5 Å². The van der Waals surface area contributed by atoms with Crippen LogP contribution in [-0.2, 0) is 12.8 Å². The van der Waals surface area contributed by atoms with E-state index in [1.54, 1.807) is 12.1 Å². The van der Waals surface area contributed by atoms with E-state index in [1.165, 1.54) is 22.8 Å². The minimum absolute atomic E-state index is 0.0197. The molecule has 0 amide bonds. The topological polar surface area (TPSA) is 111 Å². The molecular formula is C40H53N3O4. The molecule has 252 valence electrons. The van der Waals surface area contributed by atoms with Gasteiger partial charge in [0.1, 0.15) is 17.2 Å². The maximum Gasteiger partial charge on any atom is 0.138 e. The first-order chi connectivity index (χ1) is 22.6. The zero-order chi connectivity index (χ0) is 33.8. The molecule has 6 N–H and O–H groups in total. The van der Waals surface area contributed by atoms with Gasteiger partial charge in [0, 0.05) is 30.1 Å². The summed E-state index contributed by atoms with van der Waals surface area (Å²) in [6, 6.07) is 30.5. The molecule has 4 aromatic rings. The Morgan fingerprint density at radius 1 is 0.766 bits per heavy atom. The molecule has 4 aromatic carbocycles. The second-order valence-corrected chi connectivity index (χ2v) is 13.0. The van der Waals surface area contributed by atoms with Gasteiger partial charge in [-0.1, -0.05) is 60.7 Å². The third-order valence-electron chi connectivity index (χ3n) is 8.84. The number of aryl methyl sites for hydroxylation is 1. The molecule has 2 atom stereocenters. The molecule has 0 aromatic heterocycles. The Morgan fingerprint density at radius 2 is 1.45 bits per heavy atom. The summed E-state index contributed by atoms with van der Waals surface area (Å²) >= 11 is 0. The van der Waals surface area contributed by atoms with Crippen molar-refractivity contribution in [1.82, 2.24) is 10.2 Å². The molecule has 0 unspecified atom stereocenters. The maximum atomic E-state index is 11.0. The highest BCUT2D eigenvalue weighted by Crippen LogP contribution is 2.35. The predicted molar refractivity (Wildman–Crippen MR) is 192 cm³/mol. The number of benzene rings is 4. The number of hydrogen-bond acceptors (Lipinski definition) is 7. The van der Waals surface area contributed by atoms with Crippen LogP contribution < -0.4 is 15.8 Å². The van der Waals surface area contributed by atoms with Gasteiger partial charge in [-0.05, 0) is 119 Å². The van der Waals surface area contributed by atoms with E-state index in [2.05, 4.69) is 80.4 Å². The lowest BCUT2D eigenvalue weighted by molar-refractivity contribution is 0.170. The molecule has 47 heavy (non-hydrogen) atoms. The van der Waals surface area contributed by atoms with Crippen molar-refractivity contribution in [3.05, 3.63) is 119 Å². The average Bonchev–Trinajstić information content (AvgIpc) is 3.06. The summed E-state index contributed by atoms with van der Waals surface area (Å²) in [5, 5.41) is 34.2. The van der Waals surface area contributed by atoms with Gasteiger partial charge in [-0.25, -0.2) is 0 Å². The predicted octanol–water partition coefficient (Wildman–Crippen LogP) is 7.20. The summed E-state index contributed by atoms with van der Waals surface area (Å²) in [6.45, 7) is 11.7. The molecule has 0 saturated heterocycles. The molecule has 0 heterocycles. The minimum Gasteiger partial charge on any atom is -0.508 e. The fourth-order valence-corrected chi connectivity index (χ4v) is 6.20. The first kappa shape index (κ1) is 35.8. The van der Waals surface area contributed by atoms with Crippen LogP contribution in [0.1, 0.15) is 80.4 Å². The smallest absolute Gasteiger partial charge is 0.138 e. The van der Waals surface area contributed by atoms with Crippen LogP contribution in [0.3, 0.4) is 0 Å². The number of nitrogens with zero attached hydrogens (tertiary/aromatic N) is 1. The molecule has 0 aliphatic rings. The quantitative estimate of drug-likeness (QED) is 0.0445. The molecule has 7 heteroatoms. The molecule has 0 fully saturated rings. The third-order valence-corrected chi connectivity index (χ3v) is 8.84. The second kappa shape index (κ2) is 17.8. The number of aromatic hydroxyl groups is 2. The maximum absolute atomic E-state index is 11.0. The summed E-state index contributed by atoms with van der Waals surface area (Å²) in [6.07, 6.45) is 2.80. The van der Waals surface area contributed by atoms with Crippen LogP contribution in [0.4, 0.5) is 5.69 Å². The van der Waals surface area contributed by atoms with Gasteiger partial charge in [-0.15, -0.1) is 0 Å². The number of phenolic OH excluding ortho intramolecular Hbond substituents is 2. The molecule has 0 spiro atoms. The Labute approximate surface area is 281 Å². The molecular weight excluding hydrogens is 586 g/mol. The Bertz CT molecular complexity index is 1500. The van der Waals surface area contributed by atoms with Crippen molar-refractivity contribution in [3.8, 4) is 17.2 Å². The third kappa shape index (κ3) is 10.7. The number of phenols is 2. The number of aliphatic hydroxyl groups is 1. The van der Waals surface area contributed by atoms with Crippen LogP contribution in [0.25, 0.3) is 0 Å². The highest BCUT2D eigenvalue weighted by Gasteiger charge is 2.22. The molecule has 0 aliphatic heterocycles. The highest BCUT2D eigenvalue weighted by atomic mass is 16.5. The van der Waals surface area contributed by atoms with Gasteiger partial charge in [0.05, 0.1) is 18.4 Å². The number of ether oxygens (including phenoxy) is 1. The second-order valence-electron chi connectivity index (χ2n) is 13.0. The van der Waals surface area contributed by atoms with Crippen LogP contribution >= 0.6 is 0 Å². The summed E-state index contributed by atoms with van der Waals surface area (Å²) in [5.41, 5.74) is 11.3. The number of rotatable bonds is 18. The summed E-state index contributed by atoms with van der Waals surface area (Å²) < 4.78 is 6.06. The van der Waals surface area contributed by atoms with Crippen molar-refractivity contribution >= 4 is 5.69 Å². The van der Waals surface area contributed by atoms with Crippen LogP contribution in [-0.4, -0.2) is 58.5 Å². The van der Waals surface area contributed by atoms with Crippen molar-refractivity contribution in [3.63, 3.8) is 0 Å². The zero-order valence-electron chi connectivity index (χ0n) is 28.4. The highest BCUT2D eigenvalue weighted by molar-refractivity contribution is 5.53. The average molecular weight is 640 g/mol. The number of nitrogens with one attached hydrogen (secondary N) is 1. The minimum atomic E-state index is -0.697. The lowest BCUT2D eigenvalue weighted by Gasteiger charge is -2.32. The molecule has 0 radical (unpaired) electrons. The normalized spacial score (nSPS) is 12.9. The van der Waals surface area contributed by atoms with Crippen molar-refractivity contribution in [2.24, 2.45) is 0 Å². The van der Waals surface area contributed by atoms with Gasteiger partial charge in [0.15, 0.2) is 0 Å². The van der Waals surface area contributed by atoms with E-state index in [0.717, 1.165) is 50.1 Å². The number of anilines is 1. The summed E-state index contributed by atoms with van der Waals surface area (Å²) in [5.74, 6) is 1.34. The first-order valence-electron chi connectivity index (χ1n) is 16.9. The fourth-order valence-electron chi connectivity index (χ4n) is 6.20. The number of hydrogen-bond donors (Lipinski definition) is 5. The van der Waals surface area contributed by atoms with Crippen LogP contribution in [0, 0.1) is 0 Å². The van der Waals surface area contributed by atoms with Gasteiger partial charge in [0.25, 0.3) is 0 Å². The Morgan fingerprint density at radius 3 is 2.13 bits per heavy atom. The monoisotopic (exact) mass is 639 g/mol. The SMILES string of the molecule is CC(C)N(CC[C@H](c1ccccc1)c1cc(CCCOc2ccc(CCNC[C@H](O)c3ccc(O)c(N)c3)cc2)ccc1O)C(C)C. The number of nitrogens with two attached hydrogens (primary N) is 1. The van der Waals surface area contributed by atoms with Crippen molar-refractivity contribution < 1.29 is 20.1 Å². The standard InChI is InChI=1S/C40H53N3O4/c1-28(2)43(29(3)4)23-21-35(32-10-6-5-7-11-32)36-25-31(14-18-38(36)44)9-8-24-47-34-16-12-30(13-17-34)20-22-42-27-40(46)33-15-19-39(45)37(41)26-33/h5-7,10-19,25-26,28-29,35,40,42,44-46H,8-9,20-24,27,41H2,1-4H3/t35-,40+/m1/s1. The van der Waals surface area contributed by atoms with E-state index in [-0.39, 0.29) is 17.4 Å². The molecule has 0 saturated carbocycles. The van der Waals surface area contributed by atoms with Crippen molar-refractivity contribution in [1.29, 1.82) is 0 Å². The molecule has 7 nitrogen and oxygen atoms in total. The molecule has 4 rings (SSSR count). The number of aliphatic hydroxyl groups excluding tert-OH is 1. The van der Waals surface area contributed by atoms with E-state index in [1.807, 2.05) is 30.3 Å². The Kier molecular flexibility index (Phi) is 13.5. The van der Waals surface area contributed by atoms with Gasteiger partial charge < -0.3 is 31.1 Å². The van der Waals surface area contributed by atoms with Gasteiger partial charge in [-0.3, -0.25) is 4.90 Å². The number of nitrogen functional groups attached to an aromatic ring is 1. The van der Waals surface area contributed by atoms with Crippen LogP contribution in [0.5, 0.6) is 17.2 Å². The van der Waals surface area contributed by atoms with E-state index in [4.69, 9.17) is 10.5 Å². The molecule has 0 bridgehead atoms. The fraction of sp³-hybridized carbons (Fsp3) is 0.400. The first-order valence-corrected chi connectivity index (χ1v) is 16.9. The van der Waals surface area contributed by atoms with E-state index < -0.39 is 6.10 Å². The van der Waals surface area contributed by atoms with E-state index in [0.29, 0.717) is 36.5 Å². The zero-order valence-corrected chi connectivity index (χ0v) is 28.4. The Balaban J connectivity index is 1.25. The summed E-state index contributed by atoms with van der Waals surface area (Å²) in [4.78, 5) is 2.52. The summed E-state index contributed by atoms with van der Waals surface area (Å²) in [7, 11) is 0. The van der Waals surface area contributed by atoms with Gasteiger partial charge >= 0.3 is 0 Å². The van der Waals surface area contributed by atoms with Crippen LogP contribution in [0.15, 0.2) is 91.0 Å². The lowest BCUT2D eigenvalue weighted by Crippen LogP contribution is -2.38. The Hall–Kier alpha value is -4.04. The molecule has 0 aliphatic carbocycles. The van der Waals surface area contributed by atoms with E-state index >= 15 is 0 Å². The van der Waals surface area contributed by atoms with E-state index in [9.17, 15) is 15.3 Å². The van der Waals surface area contributed by atoms with Gasteiger partial charge in [0.2, 0.25) is 0 Å².